The van der Waals surface area contributed by atoms with Gasteiger partial charge in [0.1, 0.15) is 4.34 Å². The van der Waals surface area contributed by atoms with Gasteiger partial charge in [0.2, 0.25) is 0 Å². The van der Waals surface area contributed by atoms with Crippen molar-refractivity contribution in [3.8, 4) is 0 Å². The van der Waals surface area contributed by atoms with Gasteiger partial charge in [-0.05, 0) is 36.5 Å². The van der Waals surface area contributed by atoms with Crippen molar-refractivity contribution >= 4 is 45.2 Å². The van der Waals surface area contributed by atoms with E-state index in [2.05, 4.69) is 10.3 Å². The second-order valence-corrected chi connectivity index (χ2v) is 7.24. The molecule has 0 aliphatic carbocycles. The molecule has 1 aromatic heterocycles. The molecule has 1 aliphatic heterocycles. The lowest BCUT2D eigenvalue weighted by atomic mass is 9.94. The first-order valence-corrected chi connectivity index (χ1v) is 8.89. The Bertz CT molecular complexity index is 737. The van der Waals surface area contributed by atoms with Gasteiger partial charge >= 0.3 is 0 Å². The quantitative estimate of drug-likeness (QED) is 0.639. The smallest absolute Gasteiger partial charge is 0.257 e. The number of aromatic nitrogens is 1. The van der Waals surface area contributed by atoms with E-state index in [1.54, 1.807) is 12.1 Å². The molecule has 5 nitrogen and oxygen atoms in total. The van der Waals surface area contributed by atoms with Gasteiger partial charge in [-0.3, -0.25) is 10.1 Å². The molecule has 7 heteroatoms. The monoisotopic (exact) mass is 363 g/mol. The minimum absolute atomic E-state index is 0.197. The third kappa shape index (κ3) is 4.35. The topological polar surface area (TPSA) is 77.2 Å². The molecule has 1 fully saturated rings. The molecule has 24 heavy (non-hydrogen) atoms. The summed E-state index contributed by atoms with van der Waals surface area (Å²) in [6.07, 6.45) is 5.37. The van der Waals surface area contributed by atoms with E-state index in [0.717, 1.165) is 31.6 Å². The highest BCUT2D eigenvalue weighted by atomic mass is 35.5. The first kappa shape index (κ1) is 17.0. The molecule has 2 aromatic rings. The summed E-state index contributed by atoms with van der Waals surface area (Å²) >= 11 is 7.11. The number of hydrogen-bond donors (Lipinski definition) is 2. The van der Waals surface area contributed by atoms with Gasteiger partial charge in [0.15, 0.2) is 5.13 Å². The normalized spacial score (nSPS) is 16.1. The van der Waals surface area contributed by atoms with Crippen molar-refractivity contribution in [3.63, 3.8) is 0 Å². The van der Waals surface area contributed by atoms with Crippen LogP contribution >= 0.6 is 22.9 Å². The van der Waals surface area contributed by atoms with Gasteiger partial charge in [-0.25, -0.2) is 4.98 Å². The van der Waals surface area contributed by atoms with E-state index in [-0.39, 0.29) is 5.91 Å². The zero-order chi connectivity index (χ0) is 16.9. The van der Waals surface area contributed by atoms with Crippen molar-refractivity contribution in [3.05, 3.63) is 46.4 Å². The molecule has 0 unspecified atom stereocenters. The van der Waals surface area contributed by atoms with Crippen LogP contribution in [0.5, 0.6) is 0 Å². The van der Waals surface area contributed by atoms with Crippen LogP contribution in [0.4, 0.5) is 10.8 Å². The highest BCUT2D eigenvalue weighted by molar-refractivity contribution is 7.19. The predicted octanol–water partition coefficient (Wildman–Crippen LogP) is 3.83. The summed E-state index contributed by atoms with van der Waals surface area (Å²) in [7, 11) is 0. The molecule has 0 saturated carbocycles. The lowest BCUT2D eigenvalue weighted by Gasteiger charge is -2.20. The molecule has 1 amide bonds. The largest absolute Gasteiger partial charge is 0.399 e. The van der Waals surface area contributed by atoms with Crippen molar-refractivity contribution in [2.24, 2.45) is 5.92 Å². The number of rotatable bonds is 4. The number of nitrogen functional groups attached to an aromatic ring is 1. The van der Waals surface area contributed by atoms with E-state index < -0.39 is 0 Å². The number of benzene rings is 1. The fourth-order valence-corrected chi connectivity index (χ4v) is 3.37. The van der Waals surface area contributed by atoms with Gasteiger partial charge in [-0.15, -0.1) is 0 Å². The van der Waals surface area contributed by atoms with E-state index in [1.807, 2.05) is 18.2 Å². The van der Waals surface area contributed by atoms with Crippen LogP contribution in [-0.4, -0.2) is 24.1 Å². The van der Waals surface area contributed by atoms with Gasteiger partial charge in [0, 0.05) is 24.5 Å². The summed E-state index contributed by atoms with van der Waals surface area (Å²) in [5, 5.41) is 3.30. The number of amides is 1. The van der Waals surface area contributed by atoms with Gasteiger partial charge in [0.25, 0.3) is 5.91 Å². The van der Waals surface area contributed by atoms with E-state index in [9.17, 15) is 4.79 Å². The van der Waals surface area contributed by atoms with Crippen molar-refractivity contribution in [2.75, 3.05) is 24.3 Å². The Kier molecular flexibility index (Phi) is 5.50. The molecular weight excluding hydrogens is 346 g/mol. The van der Waals surface area contributed by atoms with Gasteiger partial charge < -0.3 is 10.5 Å². The summed E-state index contributed by atoms with van der Waals surface area (Å²) in [5.41, 5.74) is 7.87. The van der Waals surface area contributed by atoms with E-state index in [1.165, 1.54) is 17.5 Å². The minimum atomic E-state index is -0.197. The third-order valence-electron chi connectivity index (χ3n) is 3.83. The summed E-state index contributed by atoms with van der Waals surface area (Å²) in [6, 6.07) is 7.30. The third-order valence-corrected chi connectivity index (χ3v) is 4.86. The second kappa shape index (κ2) is 7.79. The van der Waals surface area contributed by atoms with Crippen molar-refractivity contribution in [2.45, 2.75) is 12.8 Å². The number of carbonyl (C=O) groups excluding carboxylic acids is 1. The minimum Gasteiger partial charge on any atom is -0.399 e. The highest BCUT2D eigenvalue weighted by Crippen LogP contribution is 2.27. The molecule has 0 bridgehead atoms. The molecule has 0 radical (unpaired) electrons. The van der Waals surface area contributed by atoms with E-state index >= 15 is 0 Å². The molecule has 3 rings (SSSR count). The average Bonchev–Trinajstić information content (AvgIpc) is 2.99. The Morgan fingerprint density at radius 3 is 2.67 bits per heavy atom. The van der Waals surface area contributed by atoms with Crippen LogP contribution in [-0.2, 0) is 9.53 Å². The van der Waals surface area contributed by atoms with Crippen LogP contribution in [0, 0.1) is 5.92 Å². The second-order valence-electron chi connectivity index (χ2n) is 5.58. The van der Waals surface area contributed by atoms with E-state index in [0.29, 0.717) is 26.6 Å². The number of carbonyl (C=O) groups is 1. The number of ether oxygens (including phenoxy) is 1. The number of allylic oxidation sites excluding steroid dienone is 1. The summed E-state index contributed by atoms with van der Waals surface area (Å²) in [4.78, 5) is 16.8. The Hall–Kier alpha value is -1.89. The summed E-state index contributed by atoms with van der Waals surface area (Å²) < 4.78 is 5.93. The molecule has 126 valence electrons. The standard InChI is InChI=1S/C17H18ClN3O2S/c18-15-10-20-17(24-15)21-16(22)14(9-11-5-7-23-8-6-11)12-1-3-13(19)4-2-12/h1-4,9-11H,5-8,19H2,(H,20,21,22). The van der Waals surface area contributed by atoms with Gasteiger partial charge in [-0.2, -0.15) is 0 Å². The number of nitrogens with zero attached hydrogens (tertiary/aromatic N) is 1. The molecule has 0 atom stereocenters. The molecule has 3 N–H and O–H groups in total. The van der Waals surface area contributed by atoms with Crippen LogP contribution < -0.4 is 11.1 Å². The van der Waals surface area contributed by atoms with Crippen molar-refractivity contribution in [1.29, 1.82) is 0 Å². The number of nitrogens with two attached hydrogens (primary N) is 1. The number of thiazole rings is 1. The Labute approximate surface area is 149 Å². The first-order chi connectivity index (χ1) is 11.6. The zero-order valence-corrected chi connectivity index (χ0v) is 14.6. The van der Waals surface area contributed by atoms with E-state index in [4.69, 9.17) is 22.1 Å². The molecule has 0 spiro atoms. The van der Waals surface area contributed by atoms with Crippen molar-refractivity contribution in [1.82, 2.24) is 4.98 Å². The van der Waals surface area contributed by atoms with Crippen molar-refractivity contribution < 1.29 is 9.53 Å². The molecule has 1 saturated heterocycles. The fourth-order valence-electron chi connectivity index (χ4n) is 2.56. The van der Waals surface area contributed by atoms with Crippen LogP contribution in [0.25, 0.3) is 5.57 Å². The molecule has 1 aromatic carbocycles. The van der Waals surface area contributed by atoms with Crippen LogP contribution in [0.2, 0.25) is 4.34 Å². The first-order valence-electron chi connectivity index (χ1n) is 7.70. The zero-order valence-electron chi connectivity index (χ0n) is 13.0. The Morgan fingerprint density at radius 2 is 2.04 bits per heavy atom. The fraction of sp³-hybridized carbons (Fsp3) is 0.294. The predicted molar refractivity (Wildman–Crippen MR) is 98.1 cm³/mol. The van der Waals surface area contributed by atoms with Crippen LogP contribution in [0.15, 0.2) is 36.5 Å². The lowest BCUT2D eigenvalue weighted by molar-refractivity contribution is -0.111. The number of halogens is 1. The maximum Gasteiger partial charge on any atom is 0.257 e. The maximum absolute atomic E-state index is 12.8. The maximum atomic E-state index is 12.8. The number of anilines is 2. The number of nitrogens with one attached hydrogen (secondary N) is 1. The molecule has 1 aliphatic rings. The van der Waals surface area contributed by atoms with Crippen LogP contribution in [0.1, 0.15) is 18.4 Å². The van der Waals surface area contributed by atoms with Gasteiger partial charge in [0.05, 0.1) is 6.20 Å². The highest BCUT2D eigenvalue weighted by Gasteiger charge is 2.18. The molecule has 2 heterocycles. The number of hydrogen-bond acceptors (Lipinski definition) is 5. The average molecular weight is 364 g/mol. The lowest BCUT2D eigenvalue weighted by Crippen LogP contribution is -2.18. The van der Waals surface area contributed by atoms with Gasteiger partial charge in [-0.1, -0.05) is 41.1 Å². The van der Waals surface area contributed by atoms with Crippen LogP contribution in [0.3, 0.4) is 0 Å². The molecular formula is C17H18ClN3O2S. The Morgan fingerprint density at radius 1 is 1.33 bits per heavy atom. The SMILES string of the molecule is Nc1ccc(C(=CC2CCOCC2)C(=O)Nc2ncc(Cl)s2)cc1. The Balaban J connectivity index is 1.86. The summed E-state index contributed by atoms with van der Waals surface area (Å²) in [5.74, 6) is 0.120. The summed E-state index contributed by atoms with van der Waals surface area (Å²) in [6.45, 7) is 1.44.